The highest BCUT2D eigenvalue weighted by molar-refractivity contribution is 5.81. The summed E-state index contributed by atoms with van der Waals surface area (Å²) in [5.74, 6) is 0.0574. The number of aromatic nitrogens is 2. The summed E-state index contributed by atoms with van der Waals surface area (Å²) in [5, 5.41) is 9.22. The Morgan fingerprint density at radius 1 is 0.950 bits per heavy atom. The van der Waals surface area contributed by atoms with Crippen molar-refractivity contribution in [3.63, 3.8) is 0 Å². The Morgan fingerprint density at radius 3 is 2.50 bits per heavy atom. The Morgan fingerprint density at radius 2 is 1.75 bits per heavy atom. The first-order chi connectivity index (χ1) is 9.65. The molecule has 0 atom stereocenters. The summed E-state index contributed by atoms with van der Waals surface area (Å²) in [6.45, 7) is 4.09. The normalized spacial score (nSPS) is 11.2. The monoisotopic (exact) mass is 266 g/mol. The minimum absolute atomic E-state index is 0.249. The van der Waals surface area contributed by atoms with Crippen LogP contribution in [0.15, 0.2) is 48.5 Å². The summed E-state index contributed by atoms with van der Waals surface area (Å²) in [6, 6.07) is 14.9. The van der Waals surface area contributed by atoms with Gasteiger partial charge in [-0.3, -0.25) is 0 Å². The molecule has 20 heavy (non-hydrogen) atoms. The van der Waals surface area contributed by atoms with Crippen LogP contribution < -0.4 is 0 Å². The van der Waals surface area contributed by atoms with Crippen molar-refractivity contribution < 1.29 is 4.39 Å². The Hall–Kier alpha value is -2.29. The van der Waals surface area contributed by atoms with Crippen molar-refractivity contribution in [3.8, 4) is 11.3 Å². The summed E-state index contributed by atoms with van der Waals surface area (Å²) < 4.78 is 14.2. The number of hydrogen-bond acceptors (Lipinski definition) is 2. The summed E-state index contributed by atoms with van der Waals surface area (Å²) in [7, 11) is 0. The quantitative estimate of drug-likeness (QED) is 0.679. The summed E-state index contributed by atoms with van der Waals surface area (Å²) in [6.07, 6.45) is 0. The Kier molecular flexibility index (Phi) is 3.18. The van der Waals surface area contributed by atoms with E-state index >= 15 is 0 Å². The molecule has 0 aliphatic carbocycles. The number of rotatable bonds is 2. The van der Waals surface area contributed by atoms with Gasteiger partial charge in [-0.25, -0.2) is 4.39 Å². The van der Waals surface area contributed by atoms with Crippen LogP contribution in [0.5, 0.6) is 0 Å². The van der Waals surface area contributed by atoms with Crippen molar-refractivity contribution in [2.24, 2.45) is 0 Å². The molecule has 3 rings (SSSR count). The fourth-order valence-electron chi connectivity index (χ4n) is 2.21. The summed E-state index contributed by atoms with van der Waals surface area (Å²) >= 11 is 0. The Bertz CT molecular complexity index is 766. The average Bonchev–Trinajstić information content (AvgIpc) is 2.46. The number of halogens is 1. The van der Waals surface area contributed by atoms with Crippen molar-refractivity contribution in [2.45, 2.75) is 19.8 Å². The maximum Gasteiger partial charge on any atom is 0.132 e. The van der Waals surface area contributed by atoms with Gasteiger partial charge < -0.3 is 0 Å². The molecule has 0 aliphatic rings. The first-order valence-corrected chi connectivity index (χ1v) is 6.67. The van der Waals surface area contributed by atoms with Gasteiger partial charge in [-0.05, 0) is 35.7 Å². The first kappa shape index (κ1) is 12.7. The van der Waals surface area contributed by atoms with Crippen molar-refractivity contribution >= 4 is 10.9 Å². The molecule has 0 radical (unpaired) electrons. The second kappa shape index (κ2) is 5.00. The van der Waals surface area contributed by atoms with Gasteiger partial charge in [0.05, 0.1) is 11.2 Å². The lowest BCUT2D eigenvalue weighted by molar-refractivity contribution is 0.626. The lowest BCUT2D eigenvalue weighted by Gasteiger charge is -2.08. The Labute approximate surface area is 117 Å². The SMILES string of the molecule is CC(C)c1ccc(-c2cc3ccccc3nn2)c(F)c1. The van der Waals surface area contributed by atoms with Gasteiger partial charge >= 0.3 is 0 Å². The number of fused-ring (bicyclic) bond motifs is 1. The molecule has 0 unspecified atom stereocenters. The highest BCUT2D eigenvalue weighted by atomic mass is 19.1. The van der Waals surface area contributed by atoms with Crippen molar-refractivity contribution in [1.29, 1.82) is 0 Å². The molecule has 0 fully saturated rings. The maximum absolute atomic E-state index is 14.2. The average molecular weight is 266 g/mol. The van der Waals surface area contributed by atoms with E-state index in [2.05, 4.69) is 10.2 Å². The molecule has 1 aromatic heterocycles. The molecule has 0 aliphatic heterocycles. The van der Waals surface area contributed by atoms with Crippen LogP contribution in [0.25, 0.3) is 22.2 Å². The van der Waals surface area contributed by atoms with E-state index in [9.17, 15) is 4.39 Å². The van der Waals surface area contributed by atoms with Gasteiger partial charge in [0.1, 0.15) is 5.82 Å². The van der Waals surface area contributed by atoms with Crippen LogP contribution in [0, 0.1) is 5.82 Å². The van der Waals surface area contributed by atoms with E-state index in [1.165, 1.54) is 0 Å². The molecule has 3 aromatic rings. The Balaban J connectivity index is 2.10. The molecular weight excluding hydrogens is 251 g/mol. The van der Waals surface area contributed by atoms with Crippen LogP contribution in [0.2, 0.25) is 0 Å². The van der Waals surface area contributed by atoms with Crippen molar-refractivity contribution in [1.82, 2.24) is 10.2 Å². The topological polar surface area (TPSA) is 25.8 Å². The zero-order valence-electron chi connectivity index (χ0n) is 11.5. The van der Waals surface area contributed by atoms with E-state index in [0.29, 0.717) is 17.2 Å². The highest BCUT2D eigenvalue weighted by Crippen LogP contribution is 2.26. The molecule has 0 bridgehead atoms. The third-order valence-corrected chi connectivity index (χ3v) is 3.43. The van der Waals surface area contributed by atoms with Crippen LogP contribution >= 0.6 is 0 Å². The third-order valence-electron chi connectivity index (χ3n) is 3.43. The zero-order chi connectivity index (χ0) is 14.1. The second-order valence-corrected chi connectivity index (χ2v) is 5.18. The van der Waals surface area contributed by atoms with Gasteiger partial charge in [0.15, 0.2) is 0 Å². The highest BCUT2D eigenvalue weighted by Gasteiger charge is 2.10. The van der Waals surface area contributed by atoms with Gasteiger partial charge in [0, 0.05) is 10.9 Å². The molecule has 0 amide bonds. The number of benzene rings is 2. The molecule has 0 saturated carbocycles. The maximum atomic E-state index is 14.2. The fourth-order valence-corrected chi connectivity index (χ4v) is 2.21. The molecule has 2 aromatic carbocycles. The van der Waals surface area contributed by atoms with Crippen molar-refractivity contribution in [3.05, 3.63) is 59.9 Å². The minimum Gasteiger partial charge on any atom is -0.206 e. The van der Waals surface area contributed by atoms with Crippen LogP contribution in [-0.2, 0) is 0 Å². The van der Waals surface area contributed by atoms with E-state index in [1.807, 2.05) is 50.2 Å². The van der Waals surface area contributed by atoms with Crippen LogP contribution in [-0.4, -0.2) is 10.2 Å². The van der Waals surface area contributed by atoms with Crippen LogP contribution in [0.1, 0.15) is 25.3 Å². The van der Waals surface area contributed by atoms with E-state index in [4.69, 9.17) is 0 Å². The molecule has 0 saturated heterocycles. The predicted molar refractivity (Wildman–Crippen MR) is 79.0 cm³/mol. The largest absolute Gasteiger partial charge is 0.206 e. The van der Waals surface area contributed by atoms with E-state index in [1.54, 1.807) is 12.1 Å². The second-order valence-electron chi connectivity index (χ2n) is 5.18. The fraction of sp³-hybridized carbons (Fsp3) is 0.176. The molecule has 0 spiro atoms. The van der Waals surface area contributed by atoms with Crippen LogP contribution in [0.3, 0.4) is 0 Å². The standard InChI is InChI=1S/C17H15FN2/c1-11(2)12-7-8-14(15(18)9-12)17-10-13-5-3-4-6-16(13)19-20-17/h3-11H,1-2H3. The summed E-state index contributed by atoms with van der Waals surface area (Å²) in [4.78, 5) is 0. The van der Waals surface area contributed by atoms with Gasteiger partial charge in [-0.2, -0.15) is 0 Å². The smallest absolute Gasteiger partial charge is 0.132 e. The van der Waals surface area contributed by atoms with E-state index in [0.717, 1.165) is 16.5 Å². The molecule has 3 heteroatoms. The van der Waals surface area contributed by atoms with E-state index < -0.39 is 0 Å². The first-order valence-electron chi connectivity index (χ1n) is 6.67. The number of hydrogen-bond donors (Lipinski definition) is 0. The predicted octanol–water partition coefficient (Wildman–Crippen LogP) is 4.56. The van der Waals surface area contributed by atoms with Gasteiger partial charge in [0.2, 0.25) is 0 Å². The minimum atomic E-state index is -0.249. The third kappa shape index (κ3) is 2.27. The molecular formula is C17H15FN2. The van der Waals surface area contributed by atoms with Gasteiger partial charge in [-0.15, -0.1) is 10.2 Å². The van der Waals surface area contributed by atoms with E-state index in [-0.39, 0.29) is 5.82 Å². The zero-order valence-corrected chi connectivity index (χ0v) is 11.5. The van der Waals surface area contributed by atoms with Crippen LogP contribution in [0.4, 0.5) is 4.39 Å². The molecule has 2 nitrogen and oxygen atoms in total. The molecule has 0 N–H and O–H groups in total. The lowest BCUT2D eigenvalue weighted by Crippen LogP contribution is -1.94. The number of nitrogens with zero attached hydrogens (tertiary/aromatic N) is 2. The van der Waals surface area contributed by atoms with Gasteiger partial charge in [0.25, 0.3) is 0 Å². The lowest BCUT2D eigenvalue weighted by atomic mass is 10.00. The molecule has 100 valence electrons. The van der Waals surface area contributed by atoms with Crippen molar-refractivity contribution in [2.75, 3.05) is 0 Å². The molecule has 1 heterocycles. The van der Waals surface area contributed by atoms with Gasteiger partial charge in [-0.1, -0.05) is 38.1 Å². The summed E-state index contributed by atoms with van der Waals surface area (Å²) in [5.41, 5.74) is 2.86.